The molecule has 0 saturated heterocycles. The van der Waals surface area contributed by atoms with Crippen molar-refractivity contribution in [2.45, 2.75) is 25.3 Å². The van der Waals surface area contributed by atoms with Crippen LogP contribution in [-0.4, -0.2) is 21.9 Å². The van der Waals surface area contributed by atoms with E-state index in [1.807, 2.05) is 18.2 Å². The quantitative estimate of drug-likeness (QED) is 0.889. The Labute approximate surface area is 97.7 Å². The summed E-state index contributed by atoms with van der Waals surface area (Å²) in [6, 6.07) is 7.29. The fourth-order valence-corrected chi connectivity index (χ4v) is 1.55. The normalized spacial score (nSPS) is 15.1. The van der Waals surface area contributed by atoms with Gasteiger partial charge in [-0.2, -0.15) is 0 Å². The minimum atomic E-state index is -2.59. The highest BCUT2D eigenvalue weighted by Crippen LogP contribution is 2.18. The molecule has 1 aromatic heterocycles. The standard InChI is InChI=1S/C12H13F2N3/c1-12(15,11(13)14)6-8-7-16-9-4-2-3-5-10(9)17-8/h2-5,7,11H,6,15H2,1H3. The summed E-state index contributed by atoms with van der Waals surface area (Å²) in [4.78, 5) is 8.43. The second-order valence-corrected chi connectivity index (χ2v) is 4.33. The number of hydrogen-bond acceptors (Lipinski definition) is 3. The number of nitrogens with zero attached hydrogens (tertiary/aromatic N) is 2. The molecule has 1 heterocycles. The highest BCUT2D eigenvalue weighted by atomic mass is 19.3. The lowest BCUT2D eigenvalue weighted by Gasteiger charge is -2.22. The number of para-hydroxylation sites is 2. The number of rotatable bonds is 3. The molecule has 0 fully saturated rings. The van der Waals surface area contributed by atoms with E-state index in [0.717, 1.165) is 5.52 Å². The van der Waals surface area contributed by atoms with Gasteiger partial charge in [0.2, 0.25) is 0 Å². The predicted octanol–water partition coefficient (Wildman–Crippen LogP) is 2.15. The van der Waals surface area contributed by atoms with Gasteiger partial charge in [-0.15, -0.1) is 0 Å². The van der Waals surface area contributed by atoms with E-state index in [2.05, 4.69) is 9.97 Å². The lowest BCUT2D eigenvalue weighted by molar-refractivity contribution is 0.0634. The number of alkyl halides is 2. The van der Waals surface area contributed by atoms with Crippen molar-refractivity contribution >= 4 is 11.0 Å². The maximum Gasteiger partial charge on any atom is 0.256 e. The van der Waals surface area contributed by atoms with Crippen LogP contribution in [0.2, 0.25) is 0 Å². The Hall–Kier alpha value is -1.62. The molecule has 0 saturated carbocycles. The van der Waals surface area contributed by atoms with E-state index in [1.54, 1.807) is 6.07 Å². The topological polar surface area (TPSA) is 51.8 Å². The smallest absolute Gasteiger partial charge is 0.256 e. The number of benzene rings is 1. The highest BCUT2D eigenvalue weighted by Gasteiger charge is 2.31. The van der Waals surface area contributed by atoms with Crippen LogP contribution in [0.1, 0.15) is 12.6 Å². The zero-order valence-corrected chi connectivity index (χ0v) is 9.40. The van der Waals surface area contributed by atoms with Crippen LogP contribution in [0, 0.1) is 0 Å². The molecule has 0 aliphatic heterocycles. The van der Waals surface area contributed by atoms with Crippen LogP contribution in [0.5, 0.6) is 0 Å². The van der Waals surface area contributed by atoms with Crippen LogP contribution in [0.3, 0.4) is 0 Å². The third-order valence-electron chi connectivity index (χ3n) is 2.56. The zero-order valence-electron chi connectivity index (χ0n) is 9.40. The summed E-state index contributed by atoms with van der Waals surface area (Å²) in [5.41, 5.74) is 5.86. The summed E-state index contributed by atoms with van der Waals surface area (Å²) in [6.07, 6.45) is -1.09. The lowest BCUT2D eigenvalue weighted by Crippen LogP contribution is -2.46. The third kappa shape index (κ3) is 2.55. The number of nitrogens with two attached hydrogens (primary N) is 1. The molecule has 5 heteroatoms. The van der Waals surface area contributed by atoms with Crippen molar-refractivity contribution in [3.05, 3.63) is 36.2 Å². The van der Waals surface area contributed by atoms with Crippen LogP contribution in [-0.2, 0) is 6.42 Å². The molecule has 2 aromatic rings. The van der Waals surface area contributed by atoms with Gasteiger partial charge >= 0.3 is 0 Å². The SMILES string of the molecule is CC(N)(Cc1cnc2ccccc2n1)C(F)F. The molecule has 1 aromatic carbocycles. The first-order valence-electron chi connectivity index (χ1n) is 5.27. The Balaban J connectivity index is 2.31. The van der Waals surface area contributed by atoms with Crippen LogP contribution < -0.4 is 5.73 Å². The summed E-state index contributed by atoms with van der Waals surface area (Å²) in [6.45, 7) is 1.31. The Morgan fingerprint density at radius 1 is 1.29 bits per heavy atom. The summed E-state index contributed by atoms with van der Waals surface area (Å²) >= 11 is 0. The van der Waals surface area contributed by atoms with Crippen LogP contribution in [0.4, 0.5) is 8.78 Å². The number of hydrogen-bond donors (Lipinski definition) is 1. The Kier molecular flexibility index (Phi) is 3.02. The zero-order chi connectivity index (χ0) is 12.5. The summed E-state index contributed by atoms with van der Waals surface area (Å²) in [7, 11) is 0. The minimum Gasteiger partial charge on any atom is -0.320 e. The van der Waals surface area contributed by atoms with E-state index in [9.17, 15) is 8.78 Å². The summed E-state index contributed by atoms with van der Waals surface area (Å²) < 4.78 is 25.3. The van der Waals surface area contributed by atoms with Gasteiger partial charge in [-0.25, -0.2) is 13.8 Å². The fourth-order valence-electron chi connectivity index (χ4n) is 1.55. The number of halogens is 2. The van der Waals surface area contributed by atoms with Gasteiger partial charge in [0.25, 0.3) is 6.43 Å². The molecule has 0 radical (unpaired) electrons. The van der Waals surface area contributed by atoms with E-state index >= 15 is 0 Å². The molecule has 0 amide bonds. The molecule has 17 heavy (non-hydrogen) atoms. The van der Waals surface area contributed by atoms with Crippen molar-refractivity contribution in [1.82, 2.24) is 9.97 Å². The molecule has 1 unspecified atom stereocenters. The summed E-state index contributed by atoms with van der Waals surface area (Å²) in [5, 5.41) is 0. The van der Waals surface area contributed by atoms with Gasteiger partial charge < -0.3 is 5.73 Å². The average Bonchev–Trinajstić information content (AvgIpc) is 2.28. The van der Waals surface area contributed by atoms with Crippen molar-refractivity contribution < 1.29 is 8.78 Å². The molecular weight excluding hydrogens is 224 g/mol. The fraction of sp³-hybridized carbons (Fsp3) is 0.333. The van der Waals surface area contributed by atoms with E-state index in [-0.39, 0.29) is 6.42 Å². The van der Waals surface area contributed by atoms with Gasteiger partial charge in [-0.3, -0.25) is 4.98 Å². The van der Waals surface area contributed by atoms with Crippen molar-refractivity contribution in [1.29, 1.82) is 0 Å². The van der Waals surface area contributed by atoms with E-state index in [1.165, 1.54) is 13.1 Å². The molecule has 0 aliphatic carbocycles. The second kappa shape index (κ2) is 4.33. The molecule has 0 spiro atoms. The Bertz CT molecular complexity index is 526. The first kappa shape index (κ1) is 11.9. The Morgan fingerprint density at radius 2 is 1.94 bits per heavy atom. The lowest BCUT2D eigenvalue weighted by atomic mass is 9.98. The van der Waals surface area contributed by atoms with Crippen LogP contribution in [0.25, 0.3) is 11.0 Å². The first-order valence-corrected chi connectivity index (χ1v) is 5.27. The van der Waals surface area contributed by atoms with Gasteiger partial charge in [0.15, 0.2) is 0 Å². The van der Waals surface area contributed by atoms with Gasteiger partial charge in [-0.05, 0) is 19.1 Å². The van der Waals surface area contributed by atoms with Gasteiger partial charge in [0.05, 0.1) is 22.3 Å². The monoisotopic (exact) mass is 237 g/mol. The number of fused-ring (bicyclic) bond motifs is 1. The maximum absolute atomic E-state index is 12.6. The predicted molar refractivity (Wildman–Crippen MR) is 61.8 cm³/mol. The molecular formula is C12H13F2N3. The Morgan fingerprint density at radius 3 is 2.59 bits per heavy atom. The van der Waals surface area contributed by atoms with E-state index in [4.69, 9.17) is 5.73 Å². The average molecular weight is 237 g/mol. The summed E-state index contributed by atoms with van der Waals surface area (Å²) in [5.74, 6) is 0. The van der Waals surface area contributed by atoms with Crippen LogP contribution >= 0.6 is 0 Å². The maximum atomic E-state index is 12.6. The molecule has 0 bridgehead atoms. The van der Waals surface area contributed by atoms with Crippen molar-refractivity contribution in [3.8, 4) is 0 Å². The second-order valence-electron chi connectivity index (χ2n) is 4.33. The number of aromatic nitrogens is 2. The largest absolute Gasteiger partial charge is 0.320 e. The van der Waals surface area contributed by atoms with E-state index < -0.39 is 12.0 Å². The molecule has 0 aliphatic rings. The minimum absolute atomic E-state index is 0.00248. The first-order chi connectivity index (χ1) is 7.99. The molecule has 3 nitrogen and oxygen atoms in total. The van der Waals surface area contributed by atoms with E-state index in [0.29, 0.717) is 11.2 Å². The molecule has 1 atom stereocenters. The van der Waals surface area contributed by atoms with Crippen molar-refractivity contribution in [3.63, 3.8) is 0 Å². The third-order valence-corrected chi connectivity index (χ3v) is 2.56. The van der Waals surface area contributed by atoms with Gasteiger partial charge in [0, 0.05) is 12.6 Å². The molecule has 90 valence electrons. The highest BCUT2D eigenvalue weighted by molar-refractivity contribution is 5.73. The van der Waals surface area contributed by atoms with Crippen molar-refractivity contribution in [2.24, 2.45) is 5.73 Å². The van der Waals surface area contributed by atoms with Crippen LogP contribution in [0.15, 0.2) is 30.5 Å². The van der Waals surface area contributed by atoms with Gasteiger partial charge in [0.1, 0.15) is 0 Å². The van der Waals surface area contributed by atoms with Gasteiger partial charge in [-0.1, -0.05) is 12.1 Å². The molecule has 2 N–H and O–H groups in total. The molecule has 2 rings (SSSR count). The van der Waals surface area contributed by atoms with Crippen molar-refractivity contribution in [2.75, 3.05) is 0 Å².